The Morgan fingerprint density at radius 2 is 1.66 bits per heavy atom. The Morgan fingerprint density at radius 3 is 2.22 bits per heavy atom. The van der Waals surface area contributed by atoms with Gasteiger partial charge in [0, 0.05) is 3.57 Å². The second kappa shape index (κ2) is 10.4. The summed E-state index contributed by atoms with van der Waals surface area (Å²) in [6.07, 6.45) is -5.81. The van der Waals surface area contributed by atoms with Gasteiger partial charge in [-0.3, -0.25) is 0 Å². The van der Waals surface area contributed by atoms with Gasteiger partial charge >= 0.3 is 18.1 Å². The molecule has 0 aliphatic carbocycles. The molecule has 0 unspecified atom stereocenters. The van der Waals surface area contributed by atoms with E-state index in [4.69, 9.17) is 9.47 Å². The number of ether oxygens (including phenoxy) is 2. The maximum Gasteiger partial charge on any atom is 0.462 e. The van der Waals surface area contributed by atoms with Gasteiger partial charge < -0.3 is 9.47 Å². The molecule has 0 saturated carbocycles. The summed E-state index contributed by atoms with van der Waals surface area (Å²) in [6, 6.07) is 4.50. The monoisotopic (exact) mass is 642 g/mol. The molecule has 176 valence electrons. The van der Waals surface area contributed by atoms with Gasteiger partial charge in [-0.05, 0) is 80.8 Å². The van der Waals surface area contributed by atoms with Crippen molar-refractivity contribution in [1.82, 2.24) is 5.43 Å². The smallest absolute Gasteiger partial charge is 0.462 e. The molecule has 0 amide bonds. The number of hydrogen-bond acceptors (Lipinski definition) is 4. The van der Waals surface area contributed by atoms with Crippen molar-refractivity contribution in [3.05, 3.63) is 55.6 Å². The Morgan fingerprint density at radius 1 is 1.03 bits per heavy atom. The molecule has 2 aromatic rings. The molecule has 2 rings (SSSR count). The first-order valence-electron chi connectivity index (χ1n) is 8.74. The van der Waals surface area contributed by atoms with Gasteiger partial charge in [-0.2, -0.15) is 35.8 Å². The van der Waals surface area contributed by atoms with Crippen LogP contribution in [0.4, 0.5) is 30.7 Å². The average molecular weight is 643 g/mol. The Kier molecular flexibility index (Phi) is 8.64. The van der Waals surface area contributed by atoms with Crippen LogP contribution in [-0.2, 0) is 6.61 Å². The Hall–Kier alpha value is -1.77. The van der Waals surface area contributed by atoms with Crippen LogP contribution >= 0.6 is 38.5 Å². The van der Waals surface area contributed by atoms with E-state index >= 15 is 0 Å². The lowest BCUT2D eigenvalue weighted by Crippen LogP contribution is -2.58. The van der Waals surface area contributed by atoms with Crippen LogP contribution in [0, 0.1) is 3.57 Å². The molecule has 0 atom stereocenters. The first-order valence-corrected chi connectivity index (χ1v) is 10.6. The molecule has 2 aromatic carbocycles. The quantitative estimate of drug-likeness (QED) is 0.108. The molecule has 1 N–H and O–H groups in total. The maximum atomic E-state index is 13.3. The number of hydrogen-bond donors (Lipinski definition) is 1. The number of nitrogens with zero attached hydrogens (tertiary/aromatic N) is 1. The van der Waals surface area contributed by atoms with E-state index in [1.807, 2.05) is 24.3 Å². The van der Waals surface area contributed by atoms with Crippen molar-refractivity contribution in [2.45, 2.75) is 31.7 Å². The largest absolute Gasteiger partial charge is 0.490 e. The predicted octanol–water partition coefficient (Wildman–Crippen LogP) is 6.75. The van der Waals surface area contributed by atoms with Gasteiger partial charge in [0.1, 0.15) is 6.61 Å². The molecule has 0 saturated heterocycles. The van der Waals surface area contributed by atoms with Crippen LogP contribution in [0.5, 0.6) is 11.5 Å². The molecule has 4 nitrogen and oxygen atoms in total. The van der Waals surface area contributed by atoms with E-state index in [1.54, 1.807) is 6.92 Å². The minimum atomic E-state index is -6.46. The molecule has 0 heterocycles. The molecule has 0 aliphatic rings. The minimum Gasteiger partial charge on any atom is -0.490 e. The third-order valence-corrected chi connectivity index (χ3v) is 5.11. The van der Waals surface area contributed by atoms with Crippen LogP contribution in [0.1, 0.15) is 18.1 Å². The summed E-state index contributed by atoms with van der Waals surface area (Å²) < 4.78 is 101. The third-order valence-electron chi connectivity index (χ3n) is 3.80. The first-order chi connectivity index (χ1) is 14.8. The molecular weight excluding hydrogens is 628 g/mol. The summed E-state index contributed by atoms with van der Waals surface area (Å²) in [5.41, 5.74) is 1.50. The van der Waals surface area contributed by atoms with Gasteiger partial charge in [0.05, 0.1) is 17.3 Å². The van der Waals surface area contributed by atoms with E-state index in [2.05, 4.69) is 43.6 Å². The summed E-state index contributed by atoms with van der Waals surface area (Å²) in [4.78, 5) is 0. The highest BCUT2D eigenvalue weighted by atomic mass is 127. The highest BCUT2D eigenvalue weighted by molar-refractivity contribution is 14.1. The summed E-state index contributed by atoms with van der Waals surface area (Å²) in [7, 11) is 0. The Bertz CT molecular complexity index is 954. The third kappa shape index (κ3) is 6.39. The van der Waals surface area contributed by atoms with Crippen LogP contribution in [0.15, 0.2) is 46.0 Å². The highest BCUT2D eigenvalue weighted by Crippen LogP contribution is 2.45. The summed E-state index contributed by atoms with van der Waals surface area (Å²) in [6.45, 7) is 2.07. The second-order valence-corrected chi connectivity index (χ2v) is 8.29. The van der Waals surface area contributed by atoms with Gasteiger partial charge in [-0.25, -0.2) is 5.43 Å². The van der Waals surface area contributed by atoms with E-state index < -0.39 is 18.1 Å². The number of alkyl halides is 7. The van der Waals surface area contributed by atoms with E-state index in [0.717, 1.165) is 9.13 Å². The second-order valence-electron chi connectivity index (χ2n) is 6.19. The number of rotatable bonds is 9. The fourth-order valence-electron chi connectivity index (χ4n) is 2.24. The molecule has 0 bridgehead atoms. The Labute approximate surface area is 200 Å². The van der Waals surface area contributed by atoms with Crippen LogP contribution < -0.4 is 14.9 Å². The molecule has 0 fully saturated rings. The van der Waals surface area contributed by atoms with Crippen molar-refractivity contribution in [2.75, 3.05) is 6.61 Å². The molecule has 13 heteroatoms. The number of hydrazone groups is 1. The van der Waals surface area contributed by atoms with Crippen molar-refractivity contribution in [3.8, 4) is 11.5 Å². The van der Waals surface area contributed by atoms with Gasteiger partial charge in [0.15, 0.2) is 11.5 Å². The SMILES string of the molecule is CCOc1cc(/C=N/NC(F)(F)C(F)(F)C(F)(F)F)cc(Br)c1OCc1ccc(I)cc1. The van der Waals surface area contributed by atoms with Gasteiger partial charge in [-0.15, -0.1) is 0 Å². The number of nitrogens with one attached hydrogen (secondary N) is 1. The number of halogens is 9. The van der Waals surface area contributed by atoms with Crippen molar-refractivity contribution in [2.24, 2.45) is 5.10 Å². The van der Waals surface area contributed by atoms with Gasteiger partial charge in [0.25, 0.3) is 0 Å². The maximum absolute atomic E-state index is 13.3. The topological polar surface area (TPSA) is 42.8 Å². The van der Waals surface area contributed by atoms with Crippen LogP contribution in [-0.4, -0.2) is 31.0 Å². The zero-order valence-corrected chi connectivity index (χ0v) is 19.9. The van der Waals surface area contributed by atoms with Crippen molar-refractivity contribution >= 4 is 44.7 Å². The Balaban J connectivity index is 2.20. The lowest BCUT2D eigenvalue weighted by atomic mass is 10.2. The van der Waals surface area contributed by atoms with Gasteiger partial charge in [0.2, 0.25) is 0 Å². The van der Waals surface area contributed by atoms with Crippen LogP contribution in [0.2, 0.25) is 0 Å². The van der Waals surface area contributed by atoms with E-state index in [-0.39, 0.29) is 30.3 Å². The standard InChI is InChI=1S/C19H15BrF7IN2O2/c1-2-31-15-8-12(9-29-30-19(26,27)17(21,22)18(23,24)25)7-14(20)16(15)32-10-11-3-5-13(28)6-4-11/h3-9,30H,2,10H2,1H3/b29-9+. The zero-order chi connectivity index (χ0) is 24.2. The highest BCUT2D eigenvalue weighted by Gasteiger charge is 2.73. The van der Waals surface area contributed by atoms with Gasteiger partial charge in [-0.1, -0.05) is 12.1 Å². The minimum absolute atomic E-state index is 0.0700. The molecule has 32 heavy (non-hydrogen) atoms. The van der Waals surface area contributed by atoms with E-state index in [9.17, 15) is 30.7 Å². The average Bonchev–Trinajstić information content (AvgIpc) is 2.68. The number of benzene rings is 2. The van der Waals surface area contributed by atoms with Crippen LogP contribution in [0.3, 0.4) is 0 Å². The lowest BCUT2D eigenvalue weighted by molar-refractivity contribution is -0.361. The van der Waals surface area contributed by atoms with E-state index in [1.165, 1.54) is 12.1 Å². The molecule has 0 aromatic heterocycles. The van der Waals surface area contributed by atoms with Crippen molar-refractivity contribution in [1.29, 1.82) is 0 Å². The molecule has 0 aliphatic heterocycles. The fourth-order valence-corrected chi connectivity index (χ4v) is 3.17. The fraction of sp³-hybridized carbons (Fsp3) is 0.316. The molecule has 0 spiro atoms. The summed E-state index contributed by atoms with van der Waals surface area (Å²) in [5.74, 6) is -5.85. The normalized spacial score (nSPS) is 12.8. The van der Waals surface area contributed by atoms with Crippen LogP contribution in [0.25, 0.3) is 0 Å². The predicted molar refractivity (Wildman–Crippen MR) is 115 cm³/mol. The summed E-state index contributed by atoms with van der Waals surface area (Å²) >= 11 is 5.39. The van der Waals surface area contributed by atoms with E-state index in [0.29, 0.717) is 16.1 Å². The van der Waals surface area contributed by atoms with Crippen molar-refractivity contribution < 1.29 is 40.2 Å². The van der Waals surface area contributed by atoms with Crippen molar-refractivity contribution in [3.63, 3.8) is 0 Å². The lowest BCUT2D eigenvalue weighted by Gasteiger charge is -2.27. The summed E-state index contributed by atoms with van der Waals surface area (Å²) in [5, 5.41) is 2.84. The molecular formula is C19H15BrF7IN2O2. The zero-order valence-electron chi connectivity index (χ0n) is 16.1. The first kappa shape index (κ1) is 26.5. The molecule has 0 radical (unpaired) electrons.